The number of hydrogen-bond donors (Lipinski definition) is 0. The van der Waals surface area contributed by atoms with Crippen LogP contribution in [-0.4, -0.2) is 29.3 Å². The number of nitro groups is 1. The minimum absolute atomic E-state index is 0.0927. The highest BCUT2D eigenvalue weighted by atomic mass is 16.6. The van der Waals surface area contributed by atoms with Crippen molar-refractivity contribution in [3.8, 4) is 28.6 Å². The van der Waals surface area contributed by atoms with E-state index in [1.54, 1.807) is 37.4 Å². The molecule has 27 heavy (non-hydrogen) atoms. The summed E-state index contributed by atoms with van der Waals surface area (Å²) < 4.78 is 21.1. The molecule has 0 aliphatic heterocycles. The van der Waals surface area contributed by atoms with Crippen LogP contribution in [-0.2, 0) is 6.61 Å². The SMILES string of the molecule is COc1ccc(-c2noc(COc3cc(C)ccc3[N+](=O)[O-])n2)cc1OC. The number of nitro benzene ring substituents is 1. The maximum absolute atomic E-state index is 11.1. The molecule has 0 fully saturated rings. The average molecular weight is 371 g/mol. The standard InChI is InChI=1S/C18H17N3O6/c1-11-4-6-13(21(22)23)15(8-11)26-10-17-19-18(20-27-17)12-5-7-14(24-2)16(9-12)25-3/h4-9H,10H2,1-3H3. The van der Waals surface area contributed by atoms with E-state index in [1.807, 2.05) is 6.92 Å². The van der Waals surface area contributed by atoms with E-state index >= 15 is 0 Å². The molecule has 0 N–H and O–H groups in total. The third-order valence-corrected chi connectivity index (χ3v) is 3.77. The molecule has 3 rings (SSSR count). The lowest BCUT2D eigenvalue weighted by Gasteiger charge is -2.07. The molecule has 0 amide bonds. The summed E-state index contributed by atoms with van der Waals surface area (Å²) in [4.78, 5) is 14.9. The predicted octanol–water partition coefficient (Wildman–Crippen LogP) is 3.55. The summed E-state index contributed by atoms with van der Waals surface area (Å²) in [6.45, 7) is 1.73. The summed E-state index contributed by atoms with van der Waals surface area (Å²) in [5, 5.41) is 15.0. The molecule has 0 atom stereocenters. The van der Waals surface area contributed by atoms with E-state index in [1.165, 1.54) is 13.2 Å². The highest BCUT2D eigenvalue weighted by Crippen LogP contribution is 2.32. The van der Waals surface area contributed by atoms with Crippen LogP contribution in [0.4, 0.5) is 5.69 Å². The van der Waals surface area contributed by atoms with Gasteiger partial charge in [-0.2, -0.15) is 4.98 Å². The first kappa shape index (κ1) is 18.2. The molecular formula is C18H17N3O6. The highest BCUT2D eigenvalue weighted by Gasteiger charge is 2.17. The van der Waals surface area contributed by atoms with Crippen molar-refractivity contribution in [2.75, 3.05) is 14.2 Å². The van der Waals surface area contributed by atoms with Crippen molar-refractivity contribution < 1.29 is 23.7 Å². The number of aryl methyl sites for hydroxylation is 1. The maximum Gasteiger partial charge on any atom is 0.310 e. The Hall–Kier alpha value is -3.62. The van der Waals surface area contributed by atoms with E-state index < -0.39 is 4.92 Å². The van der Waals surface area contributed by atoms with E-state index in [-0.39, 0.29) is 23.9 Å². The normalized spacial score (nSPS) is 10.5. The van der Waals surface area contributed by atoms with Crippen molar-refractivity contribution >= 4 is 5.69 Å². The second-order valence-electron chi connectivity index (χ2n) is 5.60. The van der Waals surface area contributed by atoms with Crippen LogP contribution < -0.4 is 14.2 Å². The lowest BCUT2D eigenvalue weighted by molar-refractivity contribution is -0.386. The van der Waals surface area contributed by atoms with Gasteiger partial charge in [0.05, 0.1) is 19.1 Å². The number of aromatic nitrogens is 2. The predicted molar refractivity (Wildman–Crippen MR) is 95.0 cm³/mol. The fourth-order valence-corrected chi connectivity index (χ4v) is 2.43. The highest BCUT2D eigenvalue weighted by molar-refractivity contribution is 5.60. The van der Waals surface area contributed by atoms with Crippen molar-refractivity contribution in [1.82, 2.24) is 10.1 Å². The van der Waals surface area contributed by atoms with E-state index in [0.29, 0.717) is 22.9 Å². The molecule has 2 aromatic carbocycles. The van der Waals surface area contributed by atoms with Gasteiger partial charge in [0.25, 0.3) is 5.89 Å². The molecular weight excluding hydrogens is 354 g/mol. The summed E-state index contributed by atoms with van der Waals surface area (Å²) in [6.07, 6.45) is 0. The molecule has 1 heterocycles. The zero-order valence-corrected chi connectivity index (χ0v) is 15.0. The number of ether oxygens (including phenoxy) is 3. The van der Waals surface area contributed by atoms with Gasteiger partial charge in [0.15, 0.2) is 23.9 Å². The molecule has 9 nitrogen and oxygen atoms in total. The van der Waals surface area contributed by atoms with Crippen LogP contribution in [0.25, 0.3) is 11.4 Å². The fourth-order valence-electron chi connectivity index (χ4n) is 2.43. The quantitative estimate of drug-likeness (QED) is 0.458. The van der Waals surface area contributed by atoms with E-state index in [4.69, 9.17) is 18.7 Å². The van der Waals surface area contributed by atoms with Gasteiger partial charge in [-0.1, -0.05) is 11.2 Å². The first-order chi connectivity index (χ1) is 13.0. The Labute approximate surface area is 154 Å². The molecule has 0 saturated carbocycles. The largest absolute Gasteiger partial charge is 0.493 e. The van der Waals surface area contributed by atoms with Crippen molar-refractivity contribution in [3.63, 3.8) is 0 Å². The number of rotatable bonds is 7. The van der Waals surface area contributed by atoms with E-state index in [2.05, 4.69) is 10.1 Å². The van der Waals surface area contributed by atoms with Crippen LogP contribution in [0.3, 0.4) is 0 Å². The van der Waals surface area contributed by atoms with Gasteiger partial charge in [-0.3, -0.25) is 10.1 Å². The first-order valence-electron chi connectivity index (χ1n) is 7.94. The van der Waals surface area contributed by atoms with Crippen LogP contribution in [0.1, 0.15) is 11.5 Å². The number of hydrogen-bond acceptors (Lipinski definition) is 8. The van der Waals surface area contributed by atoms with Gasteiger partial charge in [-0.15, -0.1) is 0 Å². The third-order valence-electron chi connectivity index (χ3n) is 3.77. The average Bonchev–Trinajstić information content (AvgIpc) is 3.14. The molecule has 3 aromatic rings. The van der Waals surface area contributed by atoms with Gasteiger partial charge in [0.2, 0.25) is 5.82 Å². The smallest absolute Gasteiger partial charge is 0.310 e. The molecule has 1 aromatic heterocycles. The third kappa shape index (κ3) is 3.97. The Morgan fingerprint density at radius 2 is 1.85 bits per heavy atom. The van der Waals surface area contributed by atoms with Crippen molar-refractivity contribution in [3.05, 3.63) is 58.0 Å². The molecule has 0 spiro atoms. The Morgan fingerprint density at radius 3 is 2.56 bits per heavy atom. The van der Waals surface area contributed by atoms with E-state index in [9.17, 15) is 10.1 Å². The monoisotopic (exact) mass is 371 g/mol. The first-order valence-corrected chi connectivity index (χ1v) is 7.94. The Balaban J connectivity index is 1.78. The zero-order chi connectivity index (χ0) is 19.4. The second-order valence-corrected chi connectivity index (χ2v) is 5.60. The molecule has 140 valence electrons. The van der Waals surface area contributed by atoms with Crippen LogP contribution in [0.5, 0.6) is 17.2 Å². The Kier molecular flexibility index (Phi) is 5.20. The molecule has 0 radical (unpaired) electrons. The number of nitrogens with zero attached hydrogens (tertiary/aromatic N) is 3. The molecule has 0 saturated heterocycles. The molecule has 0 aliphatic rings. The van der Waals surface area contributed by atoms with Crippen LogP contribution in [0.2, 0.25) is 0 Å². The Bertz CT molecular complexity index is 969. The summed E-state index contributed by atoms with van der Waals surface area (Å²) in [7, 11) is 3.08. The molecule has 0 unspecified atom stereocenters. The number of benzene rings is 2. The second kappa shape index (κ2) is 7.73. The summed E-state index contributed by atoms with van der Waals surface area (Å²) >= 11 is 0. The number of methoxy groups -OCH3 is 2. The Morgan fingerprint density at radius 1 is 1.07 bits per heavy atom. The summed E-state index contributed by atoms with van der Waals surface area (Å²) in [5.74, 6) is 1.79. The van der Waals surface area contributed by atoms with Crippen molar-refractivity contribution in [2.24, 2.45) is 0 Å². The van der Waals surface area contributed by atoms with Gasteiger partial charge in [0.1, 0.15) is 0 Å². The summed E-state index contributed by atoms with van der Waals surface area (Å²) in [5.41, 5.74) is 1.39. The lowest BCUT2D eigenvalue weighted by Crippen LogP contribution is -2.00. The van der Waals surface area contributed by atoms with Crippen LogP contribution >= 0.6 is 0 Å². The van der Waals surface area contributed by atoms with Crippen molar-refractivity contribution in [1.29, 1.82) is 0 Å². The van der Waals surface area contributed by atoms with Gasteiger partial charge < -0.3 is 18.7 Å². The lowest BCUT2D eigenvalue weighted by atomic mass is 10.2. The van der Waals surface area contributed by atoms with Crippen LogP contribution in [0.15, 0.2) is 40.9 Å². The summed E-state index contributed by atoms with van der Waals surface area (Å²) in [6, 6.07) is 9.85. The fraction of sp³-hybridized carbons (Fsp3) is 0.222. The van der Waals surface area contributed by atoms with Gasteiger partial charge in [-0.25, -0.2) is 0 Å². The van der Waals surface area contributed by atoms with Crippen LogP contribution in [0, 0.1) is 17.0 Å². The minimum atomic E-state index is -0.502. The molecule has 0 bridgehead atoms. The zero-order valence-electron chi connectivity index (χ0n) is 15.0. The molecule has 0 aliphatic carbocycles. The van der Waals surface area contributed by atoms with Crippen molar-refractivity contribution in [2.45, 2.75) is 13.5 Å². The van der Waals surface area contributed by atoms with E-state index in [0.717, 1.165) is 5.56 Å². The molecule has 9 heteroatoms. The van der Waals surface area contributed by atoms with Gasteiger partial charge in [-0.05, 0) is 36.8 Å². The van der Waals surface area contributed by atoms with Gasteiger partial charge in [0, 0.05) is 11.6 Å². The van der Waals surface area contributed by atoms with Gasteiger partial charge >= 0.3 is 5.69 Å². The topological polar surface area (TPSA) is 110 Å². The minimum Gasteiger partial charge on any atom is -0.493 e. The maximum atomic E-state index is 11.1.